The number of hydrogen-bond donors (Lipinski definition) is 1. The van der Waals surface area contributed by atoms with Crippen molar-refractivity contribution in [3.8, 4) is 0 Å². The van der Waals surface area contributed by atoms with Crippen LogP contribution in [0, 0.1) is 5.82 Å². The van der Waals surface area contributed by atoms with Crippen molar-refractivity contribution < 1.29 is 13.9 Å². The minimum atomic E-state index is -0.546. The maximum Gasteiger partial charge on any atom is 0.254 e. The Hall–Kier alpha value is -0.650. The third-order valence-electron chi connectivity index (χ3n) is 2.26. The summed E-state index contributed by atoms with van der Waals surface area (Å²) < 4.78 is 18.9. The monoisotopic (exact) mass is 337 g/mol. The summed E-state index contributed by atoms with van der Waals surface area (Å²) in [7, 11) is 1.56. The lowest BCUT2D eigenvalue weighted by atomic mass is 10.2. The number of benzene rings is 1. The van der Waals surface area contributed by atoms with Crippen LogP contribution < -0.4 is 5.32 Å². The molecule has 1 atom stereocenters. The van der Waals surface area contributed by atoms with Crippen molar-refractivity contribution in [2.24, 2.45) is 0 Å². The molecular weight excluding hydrogens is 324 g/mol. The van der Waals surface area contributed by atoms with E-state index in [-0.39, 0.29) is 10.9 Å². The number of halogens is 3. The molecule has 0 aromatic heterocycles. The predicted molar refractivity (Wildman–Crippen MR) is 72.6 cm³/mol. The van der Waals surface area contributed by atoms with E-state index in [0.29, 0.717) is 24.0 Å². The summed E-state index contributed by atoms with van der Waals surface area (Å²) in [6, 6.07) is 4.23. The number of ether oxygens (including phenoxy) is 1. The second kappa shape index (κ2) is 7.71. The summed E-state index contributed by atoms with van der Waals surface area (Å²) >= 11 is 9.10. The van der Waals surface area contributed by atoms with Gasteiger partial charge in [-0.3, -0.25) is 4.79 Å². The van der Waals surface area contributed by atoms with Crippen molar-refractivity contribution in [2.75, 3.05) is 20.3 Å². The van der Waals surface area contributed by atoms with Gasteiger partial charge in [0.2, 0.25) is 0 Å². The lowest BCUT2D eigenvalue weighted by Crippen LogP contribution is -2.27. The fraction of sp³-hybridized carbons (Fsp3) is 0.417. The normalized spacial score (nSPS) is 12.2. The molecule has 0 saturated carbocycles. The van der Waals surface area contributed by atoms with Crippen LogP contribution in [0.5, 0.6) is 0 Å². The second-order valence-electron chi connectivity index (χ2n) is 3.72. The molecular formula is C12H14BrClFNO2. The highest BCUT2D eigenvalue weighted by atomic mass is 79.9. The van der Waals surface area contributed by atoms with Crippen molar-refractivity contribution in [3.63, 3.8) is 0 Å². The Morgan fingerprint density at radius 1 is 1.61 bits per heavy atom. The van der Waals surface area contributed by atoms with Crippen molar-refractivity contribution in [3.05, 3.63) is 34.1 Å². The number of carbonyl (C=O) groups excluding carboxylic acids is 1. The standard InChI is InChI=1S/C12H14BrClFNO2/c1-18-7-9(14)4-5-16-12(17)10-6-8(13)2-3-11(10)15/h2-3,6,9H,4-5,7H2,1H3,(H,16,17). The van der Waals surface area contributed by atoms with Crippen LogP contribution in [0.15, 0.2) is 22.7 Å². The molecule has 1 unspecified atom stereocenters. The Labute approximate surface area is 119 Å². The highest BCUT2D eigenvalue weighted by molar-refractivity contribution is 9.10. The molecule has 0 radical (unpaired) electrons. The van der Waals surface area contributed by atoms with E-state index in [1.165, 1.54) is 12.1 Å². The summed E-state index contributed by atoms with van der Waals surface area (Å²) in [4.78, 5) is 11.7. The number of hydrogen-bond acceptors (Lipinski definition) is 2. The van der Waals surface area contributed by atoms with Crippen molar-refractivity contribution in [1.29, 1.82) is 0 Å². The van der Waals surface area contributed by atoms with Crippen LogP contribution >= 0.6 is 27.5 Å². The molecule has 0 aliphatic rings. The number of alkyl halides is 1. The van der Waals surface area contributed by atoms with E-state index in [1.807, 2.05) is 0 Å². The van der Waals surface area contributed by atoms with E-state index in [0.717, 1.165) is 0 Å². The molecule has 0 fully saturated rings. The van der Waals surface area contributed by atoms with Crippen molar-refractivity contribution in [1.82, 2.24) is 5.32 Å². The molecule has 0 aliphatic carbocycles. The number of methoxy groups -OCH3 is 1. The van der Waals surface area contributed by atoms with Gasteiger partial charge in [0.25, 0.3) is 5.91 Å². The number of carbonyl (C=O) groups is 1. The van der Waals surface area contributed by atoms with Crippen LogP contribution in [0.1, 0.15) is 16.8 Å². The van der Waals surface area contributed by atoms with Gasteiger partial charge in [-0.05, 0) is 24.6 Å². The Bertz CT molecular complexity index is 417. The third kappa shape index (κ3) is 4.92. The minimum absolute atomic E-state index is 0.0160. The van der Waals surface area contributed by atoms with Crippen molar-refractivity contribution >= 4 is 33.4 Å². The highest BCUT2D eigenvalue weighted by Crippen LogP contribution is 2.15. The molecule has 1 aromatic carbocycles. The molecule has 0 aliphatic heterocycles. The quantitative estimate of drug-likeness (QED) is 0.810. The summed E-state index contributed by atoms with van der Waals surface area (Å²) in [5, 5.41) is 2.45. The fourth-order valence-corrected chi connectivity index (χ4v) is 1.97. The van der Waals surface area contributed by atoms with Gasteiger partial charge < -0.3 is 10.1 Å². The first-order valence-electron chi connectivity index (χ1n) is 5.41. The molecule has 18 heavy (non-hydrogen) atoms. The van der Waals surface area contributed by atoms with Crippen molar-refractivity contribution in [2.45, 2.75) is 11.8 Å². The molecule has 6 heteroatoms. The average Bonchev–Trinajstić information content (AvgIpc) is 2.32. The SMILES string of the molecule is COCC(Cl)CCNC(=O)c1cc(Br)ccc1F. The minimum Gasteiger partial charge on any atom is -0.383 e. The Balaban J connectivity index is 2.48. The van der Waals surface area contributed by atoms with Crippen LogP contribution in [-0.4, -0.2) is 31.5 Å². The fourth-order valence-electron chi connectivity index (χ4n) is 1.37. The van der Waals surface area contributed by atoms with Crippen LogP contribution in [0.25, 0.3) is 0 Å². The zero-order valence-electron chi connectivity index (χ0n) is 9.88. The first kappa shape index (κ1) is 15.4. The van der Waals surface area contributed by atoms with Gasteiger partial charge in [-0.15, -0.1) is 11.6 Å². The van der Waals surface area contributed by atoms with Gasteiger partial charge in [0.05, 0.1) is 17.5 Å². The molecule has 1 rings (SSSR count). The van der Waals surface area contributed by atoms with E-state index in [2.05, 4.69) is 21.2 Å². The summed E-state index contributed by atoms with van der Waals surface area (Å²) in [6.07, 6.45) is 0.566. The van der Waals surface area contributed by atoms with E-state index in [4.69, 9.17) is 16.3 Å². The summed E-state index contributed by atoms with van der Waals surface area (Å²) in [5.74, 6) is -0.995. The highest BCUT2D eigenvalue weighted by Gasteiger charge is 2.12. The van der Waals surface area contributed by atoms with Gasteiger partial charge in [0, 0.05) is 18.1 Å². The van der Waals surface area contributed by atoms with Crippen LogP contribution in [0.4, 0.5) is 4.39 Å². The number of amides is 1. The van der Waals surface area contributed by atoms with Crippen LogP contribution in [0.3, 0.4) is 0 Å². The first-order chi connectivity index (χ1) is 8.54. The lowest BCUT2D eigenvalue weighted by Gasteiger charge is -2.09. The molecule has 1 amide bonds. The van der Waals surface area contributed by atoms with E-state index in [1.54, 1.807) is 13.2 Å². The lowest BCUT2D eigenvalue weighted by molar-refractivity contribution is 0.0947. The molecule has 0 spiro atoms. The number of rotatable bonds is 6. The molecule has 100 valence electrons. The zero-order valence-corrected chi connectivity index (χ0v) is 12.2. The van der Waals surface area contributed by atoms with Gasteiger partial charge in [-0.2, -0.15) is 0 Å². The van der Waals surface area contributed by atoms with Gasteiger partial charge in [0.15, 0.2) is 0 Å². The van der Waals surface area contributed by atoms with Crippen LogP contribution in [-0.2, 0) is 4.74 Å². The van der Waals surface area contributed by atoms with Gasteiger partial charge in [0.1, 0.15) is 5.82 Å². The Morgan fingerprint density at radius 3 is 3.00 bits per heavy atom. The van der Waals surface area contributed by atoms with Crippen LogP contribution in [0.2, 0.25) is 0 Å². The average molecular weight is 339 g/mol. The Morgan fingerprint density at radius 2 is 2.33 bits per heavy atom. The van der Waals surface area contributed by atoms with Gasteiger partial charge in [-0.1, -0.05) is 15.9 Å². The number of nitrogens with one attached hydrogen (secondary N) is 1. The van der Waals surface area contributed by atoms with E-state index < -0.39 is 11.7 Å². The third-order valence-corrected chi connectivity index (χ3v) is 3.10. The smallest absolute Gasteiger partial charge is 0.254 e. The molecule has 1 N–H and O–H groups in total. The zero-order chi connectivity index (χ0) is 13.5. The topological polar surface area (TPSA) is 38.3 Å². The molecule has 0 heterocycles. The molecule has 1 aromatic rings. The maximum atomic E-state index is 13.4. The second-order valence-corrected chi connectivity index (χ2v) is 5.25. The Kier molecular flexibility index (Phi) is 6.60. The largest absolute Gasteiger partial charge is 0.383 e. The first-order valence-corrected chi connectivity index (χ1v) is 6.63. The summed E-state index contributed by atoms with van der Waals surface area (Å²) in [5.41, 5.74) is 0.0160. The molecule has 0 bridgehead atoms. The molecule has 3 nitrogen and oxygen atoms in total. The molecule has 0 saturated heterocycles. The van der Waals surface area contributed by atoms with Gasteiger partial charge >= 0.3 is 0 Å². The maximum absolute atomic E-state index is 13.4. The van der Waals surface area contributed by atoms with E-state index >= 15 is 0 Å². The predicted octanol–water partition coefficient (Wildman–Crippen LogP) is 2.96. The van der Waals surface area contributed by atoms with E-state index in [9.17, 15) is 9.18 Å². The van der Waals surface area contributed by atoms with Gasteiger partial charge in [-0.25, -0.2) is 4.39 Å². The summed E-state index contributed by atoms with van der Waals surface area (Å²) in [6.45, 7) is 0.797.